The van der Waals surface area contributed by atoms with E-state index in [1.807, 2.05) is 0 Å². The number of carbonyl (C=O) groups excluding carboxylic acids is 1. The maximum atomic E-state index is 13.5. The van der Waals surface area contributed by atoms with Crippen molar-refractivity contribution < 1.29 is 14.3 Å². The van der Waals surface area contributed by atoms with Crippen LogP contribution in [0.15, 0.2) is 18.2 Å². The maximum Gasteiger partial charge on any atom is 0.223 e. The highest BCUT2D eigenvalue weighted by Gasteiger charge is 2.24. The van der Waals surface area contributed by atoms with Gasteiger partial charge in [0.15, 0.2) is 0 Å². The number of aliphatic hydroxyl groups is 1. The smallest absolute Gasteiger partial charge is 0.223 e. The van der Waals surface area contributed by atoms with Crippen LogP contribution in [0.3, 0.4) is 0 Å². The average molecular weight is 317 g/mol. The minimum atomic E-state index is -0.435. The van der Waals surface area contributed by atoms with E-state index >= 15 is 0 Å². The zero-order valence-electron chi connectivity index (χ0n) is 12.1. The molecule has 1 aromatic rings. The van der Waals surface area contributed by atoms with Gasteiger partial charge in [-0.3, -0.25) is 4.79 Å². The molecule has 0 radical (unpaired) electrons. The number of piperidine rings is 1. The molecule has 1 saturated heterocycles. The molecule has 1 amide bonds. The summed E-state index contributed by atoms with van der Waals surface area (Å²) in [7, 11) is 0. The molecule has 0 aromatic heterocycles. The van der Waals surface area contributed by atoms with E-state index < -0.39 is 5.82 Å². The monoisotopic (exact) mass is 316 g/mol. The van der Waals surface area contributed by atoms with Gasteiger partial charge in [0.2, 0.25) is 5.91 Å². The molecular formula is C15H22ClFN2O2. The summed E-state index contributed by atoms with van der Waals surface area (Å²) in [5.74, 6) is -0.368. The van der Waals surface area contributed by atoms with Gasteiger partial charge in [-0.2, -0.15) is 0 Å². The van der Waals surface area contributed by atoms with Crippen LogP contribution in [0.25, 0.3) is 0 Å². The first-order valence-corrected chi connectivity index (χ1v) is 6.99. The van der Waals surface area contributed by atoms with E-state index in [4.69, 9.17) is 5.11 Å². The molecule has 1 heterocycles. The molecule has 0 aliphatic carbocycles. The first-order chi connectivity index (χ1) is 9.60. The van der Waals surface area contributed by atoms with Crippen molar-refractivity contribution in [3.63, 3.8) is 0 Å². The minimum Gasteiger partial charge on any atom is -0.392 e. The van der Waals surface area contributed by atoms with Crippen molar-refractivity contribution in [2.45, 2.75) is 39.0 Å². The number of benzene rings is 1. The second kappa shape index (κ2) is 8.32. The van der Waals surface area contributed by atoms with Gasteiger partial charge in [-0.05, 0) is 37.9 Å². The molecule has 1 aliphatic rings. The summed E-state index contributed by atoms with van der Waals surface area (Å²) in [6.45, 7) is 2.94. The predicted molar refractivity (Wildman–Crippen MR) is 81.6 cm³/mol. The lowest BCUT2D eigenvalue weighted by Gasteiger charge is -2.27. The molecular weight excluding hydrogens is 295 g/mol. The van der Waals surface area contributed by atoms with Crippen LogP contribution in [0.4, 0.5) is 4.39 Å². The molecule has 0 bridgehead atoms. The molecule has 21 heavy (non-hydrogen) atoms. The van der Waals surface area contributed by atoms with Crippen molar-refractivity contribution in [1.82, 2.24) is 10.6 Å². The summed E-state index contributed by atoms with van der Waals surface area (Å²) in [5.41, 5.74) is 0.974. The lowest BCUT2D eigenvalue weighted by Crippen LogP contribution is -2.42. The van der Waals surface area contributed by atoms with Crippen LogP contribution >= 0.6 is 12.4 Å². The van der Waals surface area contributed by atoms with E-state index in [1.54, 1.807) is 12.1 Å². The predicted octanol–water partition coefficient (Wildman–Crippen LogP) is 1.74. The molecule has 1 fully saturated rings. The van der Waals surface area contributed by atoms with E-state index in [0.29, 0.717) is 18.2 Å². The van der Waals surface area contributed by atoms with Crippen LogP contribution in [0.2, 0.25) is 0 Å². The van der Waals surface area contributed by atoms with Gasteiger partial charge in [0.05, 0.1) is 6.61 Å². The lowest BCUT2D eigenvalue weighted by molar-refractivity contribution is -0.126. The Kier molecular flexibility index (Phi) is 7.08. The van der Waals surface area contributed by atoms with Gasteiger partial charge in [0.25, 0.3) is 0 Å². The normalized spacial score (nSPS) is 21.5. The van der Waals surface area contributed by atoms with Crippen LogP contribution in [0, 0.1) is 11.7 Å². The van der Waals surface area contributed by atoms with E-state index in [-0.39, 0.29) is 36.4 Å². The van der Waals surface area contributed by atoms with E-state index in [9.17, 15) is 9.18 Å². The zero-order valence-corrected chi connectivity index (χ0v) is 12.9. The fourth-order valence-corrected chi connectivity index (χ4v) is 2.53. The third-order valence-electron chi connectivity index (χ3n) is 3.75. The summed E-state index contributed by atoms with van der Waals surface area (Å²) in [6.07, 6.45) is 1.68. The van der Waals surface area contributed by atoms with Gasteiger partial charge in [-0.25, -0.2) is 4.39 Å². The second-order valence-corrected chi connectivity index (χ2v) is 5.38. The number of aliphatic hydroxyl groups excluding tert-OH is 1. The maximum absolute atomic E-state index is 13.5. The van der Waals surface area contributed by atoms with Crippen LogP contribution in [0.1, 0.15) is 30.9 Å². The van der Waals surface area contributed by atoms with Crippen molar-refractivity contribution in [2.24, 2.45) is 5.92 Å². The Morgan fingerprint density at radius 3 is 2.90 bits per heavy atom. The molecule has 4 nitrogen and oxygen atoms in total. The van der Waals surface area contributed by atoms with Gasteiger partial charge in [-0.15, -0.1) is 12.4 Å². The summed E-state index contributed by atoms with van der Waals surface area (Å²) < 4.78 is 13.5. The number of hydrogen-bond donors (Lipinski definition) is 3. The number of hydrogen-bond acceptors (Lipinski definition) is 3. The highest BCUT2D eigenvalue weighted by atomic mass is 35.5. The van der Waals surface area contributed by atoms with Crippen molar-refractivity contribution in [3.8, 4) is 0 Å². The molecule has 0 unspecified atom stereocenters. The van der Waals surface area contributed by atoms with Gasteiger partial charge in [0, 0.05) is 24.1 Å². The van der Waals surface area contributed by atoms with Crippen molar-refractivity contribution in [1.29, 1.82) is 0 Å². The Balaban J connectivity index is 0.00000220. The molecule has 0 saturated carbocycles. The summed E-state index contributed by atoms with van der Waals surface area (Å²) in [4.78, 5) is 12.1. The quantitative estimate of drug-likeness (QED) is 0.793. The number of nitrogens with one attached hydrogen (secondary N) is 2. The number of amides is 1. The standard InChI is InChI=1S/C15H21FN2O2.ClH/c1-10-6-12(4-5-17-10)15(20)18-8-11-2-3-13(9-19)14(16)7-11;/h2-3,7,10,12,17,19H,4-6,8-9H2,1H3,(H,18,20);1H/t10-,12-;/m0./s1. The number of halogens is 2. The van der Waals surface area contributed by atoms with E-state index in [1.165, 1.54) is 6.07 Å². The Morgan fingerprint density at radius 2 is 2.29 bits per heavy atom. The average Bonchev–Trinajstić information content (AvgIpc) is 2.45. The zero-order chi connectivity index (χ0) is 14.5. The first-order valence-electron chi connectivity index (χ1n) is 6.99. The second-order valence-electron chi connectivity index (χ2n) is 5.38. The fourth-order valence-electron chi connectivity index (χ4n) is 2.53. The van der Waals surface area contributed by atoms with Crippen LogP contribution < -0.4 is 10.6 Å². The molecule has 2 atom stereocenters. The Morgan fingerprint density at radius 1 is 1.52 bits per heavy atom. The lowest BCUT2D eigenvalue weighted by atomic mass is 9.92. The molecule has 118 valence electrons. The highest BCUT2D eigenvalue weighted by molar-refractivity contribution is 5.85. The van der Waals surface area contributed by atoms with Gasteiger partial charge >= 0.3 is 0 Å². The molecule has 3 N–H and O–H groups in total. The Labute approximate surface area is 130 Å². The van der Waals surface area contributed by atoms with E-state index in [2.05, 4.69) is 17.6 Å². The largest absolute Gasteiger partial charge is 0.392 e. The summed E-state index contributed by atoms with van der Waals surface area (Å²) in [5, 5.41) is 15.1. The van der Waals surface area contributed by atoms with Crippen LogP contribution in [-0.4, -0.2) is 23.6 Å². The SMILES string of the molecule is C[C@H]1C[C@@H](C(=O)NCc2ccc(CO)c(F)c2)CCN1.Cl. The van der Waals surface area contributed by atoms with Gasteiger partial charge in [-0.1, -0.05) is 12.1 Å². The molecule has 6 heteroatoms. The molecule has 2 rings (SSSR count). The minimum absolute atomic E-state index is 0. The molecule has 1 aliphatic heterocycles. The number of carbonyl (C=O) groups is 1. The van der Waals surface area contributed by atoms with E-state index in [0.717, 1.165) is 19.4 Å². The number of rotatable bonds is 4. The summed E-state index contributed by atoms with van der Waals surface area (Å²) in [6, 6.07) is 4.99. The Hall–Kier alpha value is -1.17. The third kappa shape index (κ3) is 4.95. The topological polar surface area (TPSA) is 61.4 Å². The first kappa shape index (κ1) is 17.9. The Bertz CT molecular complexity index is 485. The summed E-state index contributed by atoms with van der Waals surface area (Å²) >= 11 is 0. The molecule has 1 aromatic carbocycles. The van der Waals surface area contributed by atoms with Crippen molar-refractivity contribution >= 4 is 18.3 Å². The molecule has 0 spiro atoms. The highest BCUT2D eigenvalue weighted by Crippen LogP contribution is 2.16. The third-order valence-corrected chi connectivity index (χ3v) is 3.75. The fraction of sp³-hybridized carbons (Fsp3) is 0.533. The van der Waals surface area contributed by atoms with Crippen LogP contribution in [-0.2, 0) is 17.9 Å². The van der Waals surface area contributed by atoms with Gasteiger partial charge < -0.3 is 15.7 Å². The van der Waals surface area contributed by atoms with Crippen LogP contribution in [0.5, 0.6) is 0 Å². The van der Waals surface area contributed by atoms with Gasteiger partial charge in [0.1, 0.15) is 5.82 Å². The van der Waals surface area contributed by atoms with Crippen molar-refractivity contribution in [2.75, 3.05) is 6.54 Å². The van der Waals surface area contributed by atoms with Crippen molar-refractivity contribution in [3.05, 3.63) is 35.1 Å².